The number of sulfone groups is 1. The normalized spacial score (nSPS) is 14.1. The summed E-state index contributed by atoms with van der Waals surface area (Å²) in [5, 5.41) is -0.133. The van der Waals surface area contributed by atoms with E-state index in [1.165, 1.54) is 0 Å². The Morgan fingerprint density at radius 1 is 1.21 bits per heavy atom. The Morgan fingerprint density at radius 3 is 2.16 bits per heavy atom. The van der Waals surface area contributed by atoms with Crippen LogP contribution in [-0.4, -0.2) is 27.1 Å². The lowest BCUT2D eigenvalue weighted by Gasteiger charge is -2.23. The van der Waals surface area contributed by atoms with Crippen molar-refractivity contribution in [3.8, 4) is 0 Å². The van der Waals surface area contributed by atoms with Crippen LogP contribution in [0.2, 0.25) is 19.6 Å². The van der Waals surface area contributed by atoms with Gasteiger partial charge in [0.15, 0.2) is 9.84 Å². The molecule has 0 bridgehead atoms. The molecule has 19 heavy (non-hydrogen) atoms. The van der Waals surface area contributed by atoms with E-state index in [2.05, 4.69) is 26.2 Å². The monoisotopic (exact) mass is 296 g/mol. The number of hydrogen-bond donors (Lipinski definition) is 0. The fourth-order valence-corrected chi connectivity index (χ4v) is 8.83. The minimum Gasteiger partial charge on any atom is -0.229 e. The van der Waals surface area contributed by atoms with Gasteiger partial charge in [0.2, 0.25) is 0 Å². The van der Waals surface area contributed by atoms with Crippen molar-refractivity contribution in [3.63, 3.8) is 0 Å². The van der Waals surface area contributed by atoms with Gasteiger partial charge in [-0.05, 0) is 18.9 Å². The van der Waals surface area contributed by atoms with Gasteiger partial charge >= 0.3 is 0 Å². The van der Waals surface area contributed by atoms with Crippen molar-refractivity contribution in [3.05, 3.63) is 48.0 Å². The van der Waals surface area contributed by atoms with Gasteiger partial charge < -0.3 is 0 Å². The maximum Gasteiger partial charge on any atom is 0.154 e. The molecule has 0 heterocycles. The fourth-order valence-electron chi connectivity index (χ4n) is 2.14. The van der Waals surface area contributed by atoms with Crippen LogP contribution in [-0.2, 0) is 16.3 Å². The average molecular weight is 297 g/mol. The summed E-state index contributed by atoms with van der Waals surface area (Å²) >= 11 is 0. The minimum atomic E-state index is -3.12. The standard InChI is InChI=1S/C15H24O2SSi/c1-13(2)15(11-14-9-7-6-8-10-14)18(16,17)12-19(3,4)5/h6-10,15H,1,11-12H2,2-5H3/t15-/m0/s1. The van der Waals surface area contributed by atoms with Crippen molar-refractivity contribution in [2.45, 2.75) is 38.2 Å². The number of rotatable bonds is 6. The summed E-state index contributed by atoms with van der Waals surface area (Å²) in [6.45, 7) is 12.0. The molecule has 4 heteroatoms. The highest BCUT2D eigenvalue weighted by atomic mass is 32.2. The highest BCUT2D eigenvalue weighted by molar-refractivity contribution is 7.94. The van der Waals surface area contributed by atoms with E-state index in [-0.39, 0.29) is 0 Å². The predicted molar refractivity (Wildman–Crippen MR) is 85.9 cm³/mol. The third kappa shape index (κ3) is 5.33. The van der Waals surface area contributed by atoms with Gasteiger partial charge in [0.25, 0.3) is 0 Å². The molecule has 0 radical (unpaired) electrons. The Morgan fingerprint density at radius 2 is 1.74 bits per heavy atom. The van der Waals surface area contributed by atoms with Crippen LogP contribution in [0.25, 0.3) is 0 Å². The summed E-state index contributed by atoms with van der Waals surface area (Å²) in [6.07, 6.45) is 0.531. The van der Waals surface area contributed by atoms with Crippen LogP contribution < -0.4 is 0 Å². The molecule has 1 rings (SSSR count). The molecular weight excluding hydrogens is 272 g/mol. The Kier molecular flexibility index (Phi) is 5.16. The van der Waals surface area contributed by atoms with Gasteiger partial charge in [-0.2, -0.15) is 0 Å². The molecule has 0 saturated heterocycles. The fraction of sp³-hybridized carbons (Fsp3) is 0.467. The molecule has 0 amide bonds. The van der Waals surface area contributed by atoms with Gasteiger partial charge in [0.1, 0.15) is 0 Å². The van der Waals surface area contributed by atoms with E-state index in [9.17, 15) is 8.42 Å². The molecule has 0 aliphatic carbocycles. The van der Waals surface area contributed by atoms with Gasteiger partial charge in [0.05, 0.1) is 13.3 Å². The second-order valence-electron chi connectivity index (χ2n) is 6.39. The molecule has 0 unspecified atom stereocenters. The van der Waals surface area contributed by atoms with Crippen molar-refractivity contribution in [2.24, 2.45) is 0 Å². The Labute approximate surface area is 118 Å². The molecule has 0 aliphatic heterocycles. The van der Waals surface area contributed by atoms with Crippen LogP contribution in [0.15, 0.2) is 42.5 Å². The lowest BCUT2D eigenvalue weighted by Crippen LogP contribution is -2.38. The van der Waals surface area contributed by atoms with Gasteiger partial charge in [-0.1, -0.05) is 62.1 Å². The second kappa shape index (κ2) is 6.05. The smallest absolute Gasteiger partial charge is 0.154 e. The van der Waals surface area contributed by atoms with Crippen LogP contribution >= 0.6 is 0 Å². The van der Waals surface area contributed by atoms with Crippen molar-refractivity contribution in [1.82, 2.24) is 0 Å². The molecular formula is C15H24O2SSi. The zero-order valence-corrected chi connectivity index (χ0v) is 14.1. The van der Waals surface area contributed by atoms with E-state index >= 15 is 0 Å². The first-order chi connectivity index (χ1) is 8.62. The molecule has 0 aromatic heterocycles. The first kappa shape index (κ1) is 16.2. The van der Waals surface area contributed by atoms with E-state index in [1.807, 2.05) is 37.3 Å². The van der Waals surface area contributed by atoms with E-state index in [4.69, 9.17) is 0 Å². The van der Waals surface area contributed by atoms with E-state index in [0.717, 1.165) is 11.1 Å². The molecule has 0 spiro atoms. The first-order valence-corrected chi connectivity index (χ1v) is 11.9. The van der Waals surface area contributed by atoms with Crippen molar-refractivity contribution >= 4 is 17.9 Å². The Bertz CT molecular complexity index is 527. The Hall–Kier alpha value is -0.873. The third-order valence-electron chi connectivity index (χ3n) is 2.88. The lowest BCUT2D eigenvalue weighted by molar-refractivity contribution is 0.589. The SMILES string of the molecule is C=C(C)[C@H](Cc1ccccc1)S(=O)(=O)C[Si](C)(C)C. The molecule has 1 aromatic carbocycles. The predicted octanol–water partition coefficient (Wildman–Crippen LogP) is 3.47. The van der Waals surface area contributed by atoms with E-state index < -0.39 is 23.2 Å². The lowest BCUT2D eigenvalue weighted by atomic mass is 10.1. The van der Waals surface area contributed by atoms with Crippen LogP contribution in [0, 0.1) is 0 Å². The summed E-state index contributed by atoms with van der Waals surface area (Å²) < 4.78 is 25.1. The largest absolute Gasteiger partial charge is 0.229 e. The van der Waals surface area contributed by atoms with Crippen LogP contribution in [0.1, 0.15) is 12.5 Å². The minimum absolute atomic E-state index is 0.324. The zero-order valence-electron chi connectivity index (χ0n) is 12.3. The van der Waals surface area contributed by atoms with Gasteiger partial charge in [-0.25, -0.2) is 8.42 Å². The first-order valence-electron chi connectivity index (χ1n) is 6.53. The number of benzene rings is 1. The summed E-state index contributed by atoms with van der Waals surface area (Å²) in [7, 11) is -4.76. The maximum atomic E-state index is 12.6. The quantitative estimate of drug-likeness (QED) is 0.595. The van der Waals surface area contributed by atoms with Crippen LogP contribution in [0.4, 0.5) is 0 Å². The highest BCUT2D eigenvalue weighted by Crippen LogP contribution is 2.20. The molecule has 0 fully saturated rings. The van der Waals surface area contributed by atoms with E-state index in [0.29, 0.717) is 11.8 Å². The maximum absolute atomic E-state index is 12.6. The summed E-state index contributed by atoms with van der Waals surface area (Å²) in [4.78, 5) is 0. The van der Waals surface area contributed by atoms with Gasteiger partial charge in [0, 0.05) is 5.38 Å². The molecule has 0 saturated carbocycles. The number of hydrogen-bond acceptors (Lipinski definition) is 2. The third-order valence-corrected chi connectivity index (χ3v) is 9.39. The van der Waals surface area contributed by atoms with Crippen molar-refractivity contribution < 1.29 is 8.42 Å². The second-order valence-corrected chi connectivity index (χ2v) is 14.6. The van der Waals surface area contributed by atoms with Gasteiger partial charge in [-0.15, -0.1) is 0 Å². The molecule has 106 valence electrons. The van der Waals surface area contributed by atoms with Crippen molar-refractivity contribution in [1.29, 1.82) is 0 Å². The molecule has 1 atom stereocenters. The summed E-state index contributed by atoms with van der Waals surface area (Å²) in [5.41, 5.74) is 1.79. The molecule has 2 nitrogen and oxygen atoms in total. The average Bonchev–Trinajstić information content (AvgIpc) is 2.23. The molecule has 0 aliphatic rings. The van der Waals surface area contributed by atoms with Crippen molar-refractivity contribution in [2.75, 3.05) is 5.38 Å². The Balaban J connectivity index is 2.99. The van der Waals surface area contributed by atoms with Crippen LogP contribution in [0.3, 0.4) is 0 Å². The zero-order chi connectivity index (χ0) is 14.7. The summed E-state index contributed by atoms with van der Waals surface area (Å²) in [5.74, 6) is 0. The van der Waals surface area contributed by atoms with Crippen LogP contribution in [0.5, 0.6) is 0 Å². The van der Waals surface area contributed by atoms with E-state index in [1.54, 1.807) is 0 Å². The highest BCUT2D eigenvalue weighted by Gasteiger charge is 2.31. The molecule has 0 N–H and O–H groups in total. The summed E-state index contributed by atoms with van der Waals surface area (Å²) in [6, 6.07) is 9.77. The van der Waals surface area contributed by atoms with Gasteiger partial charge in [-0.3, -0.25) is 0 Å². The topological polar surface area (TPSA) is 34.1 Å². The molecule has 1 aromatic rings.